The summed E-state index contributed by atoms with van der Waals surface area (Å²) in [7, 11) is 1.96. The van der Waals surface area contributed by atoms with E-state index in [1.165, 1.54) is 10.4 Å². The van der Waals surface area contributed by atoms with E-state index in [0.29, 0.717) is 0 Å². The van der Waals surface area contributed by atoms with Crippen LogP contribution in [-0.2, 0) is 6.42 Å². The Labute approximate surface area is 128 Å². The number of benzene rings is 1. The number of nitrogens with one attached hydrogen (secondary N) is 1. The van der Waals surface area contributed by atoms with Crippen molar-refractivity contribution in [2.24, 2.45) is 0 Å². The molecule has 102 valence electrons. The van der Waals surface area contributed by atoms with Gasteiger partial charge in [0.1, 0.15) is 0 Å². The predicted molar refractivity (Wildman–Crippen MR) is 85.8 cm³/mol. The number of thiophene rings is 1. The van der Waals surface area contributed by atoms with E-state index in [1.54, 1.807) is 11.3 Å². The van der Waals surface area contributed by atoms with Crippen molar-refractivity contribution in [1.82, 2.24) is 5.32 Å². The van der Waals surface area contributed by atoms with E-state index >= 15 is 0 Å². The average molecular weight is 314 g/mol. The maximum absolute atomic E-state index is 6.35. The van der Waals surface area contributed by atoms with Crippen LogP contribution in [-0.4, -0.2) is 7.05 Å². The molecule has 0 spiro atoms. The first-order valence-corrected chi connectivity index (χ1v) is 7.82. The van der Waals surface area contributed by atoms with Gasteiger partial charge in [-0.25, -0.2) is 0 Å². The molecular formula is C15H17Cl2NS. The zero-order chi connectivity index (χ0) is 14.0. The van der Waals surface area contributed by atoms with Gasteiger partial charge in [-0.3, -0.25) is 0 Å². The van der Waals surface area contributed by atoms with Gasteiger partial charge in [-0.2, -0.15) is 0 Å². The van der Waals surface area contributed by atoms with Crippen LogP contribution in [0.5, 0.6) is 0 Å². The van der Waals surface area contributed by atoms with E-state index in [1.807, 2.05) is 27.0 Å². The normalized spacial score (nSPS) is 12.7. The van der Waals surface area contributed by atoms with Gasteiger partial charge < -0.3 is 5.32 Å². The highest BCUT2D eigenvalue weighted by atomic mass is 35.5. The smallest absolute Gasteiger partial charge is 0.0590 e. The molecule has 0 aliphatic heterocycles. The molecule has 0 aliphatic rings. The van der Waals surface area contributed by atoms with E-state index < -0.39 is 0 Å². The van der Waals surface area contributed by atoms with Gasteiger partial charge in [-0.1, -0.05) is 35.3 Å². The van der Waals surface area contributed by atoms with Gasteiger partial charge >= 0.3 is 0 Å². The van der Waals surface area contributed by atoms with Crippen LogP contribution >= 0.6 is 34.5 Å². The fraction of sp³-hybridized carbons (Fsp3) is 0.333. The van der Waals surface area contributed by atoms with Crippen molar-refractivity contribution in [3.05, 3.63) is 55.2 Å². The van der Waals surface area contributed by atoms with E-state index in [2.05, 4.69) is 22.8 Å². The van der Waals surface area contributed by atoms with Crippen molar-refractivity contribution >= 4 is 34.5 Å². The molecule has 19 heavy (non-hydrogen) atoms. The van der Waals surface area contributed by atoms with Crippen LogP contribution < -0.4 is 5.32 Å². The summed E-state index contributed by atoms with van der Waals surface area (Å²) >= 11 is 14.4. The van der Waals surface area contributed by atoms with Gasteiger partial charge in [0.15, 0.2) is 0 Å². The first kappa shape index (κ1) is 14.9. The van der Waals surface area contributed by atoms with E-state index in [9.17, 15) is 0 Å². The summed E-state index contributed by atoms with van der Waals surface area (Å²) in [6.45, 7) is 4.08. The lowest BCUT2D eigenvalue weighted by Gasteiger charge is -2.16. The molecule has 0 fully saturated rings. The van der Waals surface area contributed by atoms with Crippen molar-refractivity contribution < 1.29 is 0 Å². The van der Waals surface area contributed by atoms with Crippen molar-refractivity contribution in [2.75, 3.05) is 7.05 Å². The first-order valence-electron chi connectivity index (χ1n) is 6.18. The van der Waals surface area contributed by atoms with Crippen molar-refractivity contribution in [2.45, 2.75) is 26.3 Å². The molecule has 0 amide bonds. The van der Waals surface area contributed by atoms with Crippen LogP contribution in [0.4, 0.5) is 0 Å². The summed E-state index contributed by atoms with van der Waals surface area (Å²) < 4.78 is 0. The Morgan fingerprint density at radius 3 is 2.53 bits per heavy atom. The van der Waals surface area contributed by atoms with Crippen LogP contribution in [0.1, 0.15) is 27.6 Å². The summed E-state index contributed by atoms with van der Waals surface area (Å²) in [5.41, 5.74) is 3.46. The standard InChI is InChI=1S/C15H17Cl2NS/c1-9-4-5-11(12(16)6-9)7-13(18-3)15-14(17)10(2)8-19-15/h4-6,8,13,18H,7H2,1-3H3. The number of aryl methyl sites for hydroxylation is 2. The summed E-state index contributed by atoms with van der Waals surface area (Å²) in [6.07, 6.45) is 0.843. The lowest BCUT2D eigenvalue weighted by atomic mass is 10.0. The minimum absolute atomic E-state index is 0.200. The van der Waals surface area contributed by atoms with Gasteiger partial charge in [-0.15, -0.1) is 11.3 Å². The highest BCUT2D eigenvalue weighted by Crippen LogP contribution is 2.34. The highest BCUT2D eigenvalue weighted by molar-refractivity contribution is 7.10. The number of halogens is 2. The van der Waals surface area contributed by atoms with Gasteiger partial charge in [0, 0.05) is 15.9 Å². The Bertz CT molecular complexity index is 578. The quantitative estimate of drug-likeness (QED) is 0.820. The third-order valence-corrected chi connectivity index (χ3v) is 5.40. The molecule has 1 heterocycles. The molecule has 1 atom stereocenters. The van der Waals surface area contributed by atoms with E-state index in [4.69, 9.17) is 23.2 Å². The summed E-state index contributed by atoms with van der Waals surface area (Å²) in [5, 5.41) is 7.12. The fourth-order valence-corrected chi connectivity index (χ4v) is 3.80. The molecule has 1 nitrogen and oxygen atoms in total. The Hall–Kier alpha value is -0.540. The van der Waals surface area contributed by atoms with Gasteiger partial charge in [-0.05, 0) is 55.5 Å². The van der Waals surface area contributed by atoms with Crippen molar-refractivity contribution in [3.8, 4) is 0 Å². The number of rotatable bonds is 4. The zero-order valence-electron chi connectivity index (χ0n) is 11.3. The third kappa shape index (κ3) is 3.32. The minimum Gasteiger partial charge on any atom is -0.312 e. The number of hydrogen-bond donors (Lipinski definition) is 1. The molecule has 1 unspecified atom stereocenters. The Kier molecular flexibility index (Phi) is 4.91. The lowest BCUT2D eigenvalue weighted by Crippen LogP contribution is -2.18. The van der Waals surface area contributed by atoms with Gasteiger partial charge in [0.05, 0.1) is 5.02 Å². The monoisotopic (exact) mass is 313 g/mol. The van der Waals surface area contributed by atoms with Crippen molar-refractivity contribution in [1.29, 1.82) is 0 Å². The van der Waals surface area contributed by atoms with E-state index in [-0.39, 0.29) is 6.04 Å². The molecule has 0 aliphatic carbocycles. The van der Waals surface area contributed by atoms with Crippen LogP contribution in [0.2, 0.25) is 10.0 Å². The van der Waals surface area contributed by atoms with Crippen LogP contribution in [0.15, 0.2) is 23.6 Å². The molecule has 0 radical (unpaired) electrons. The highest BCUT2D eigenvalue weighted by Gasteiger charge is 2.18. The Balaban J connectivity index is 2.26. The van der Waals surface area contributed by atoms with Crippen LogP contribution in [0, 0.1) is 13.8 Å². The Morgan fingerprint density at radius 2 is 2.00 bits per heavy atom. The minimum atomic E-state index is 0.200. The topological polar surface area (TPSA) is 12.0 Å². The molecule has 1 aromatic carbocycles. The second-order valence-corrected chi connectivity index (χ2v) is 6.43. The predicted octanol–water partition coefficient (Wildman–Crippen LogP) is 5.17. The van der Waals surface area contributed by atoms with Crippen LogP contribution in [0.3, 0.4) is 0 Å². The second-order valence-electron chi connectivity index (χ2n) is 4.74. The average Bonchev–Trinajstić information content (AvgIpc) is 2.70. The molecule has 1 N–H and O–H groups in total. The Morgan fingerprint density at radius 1 is 1.26 bits per heavy atom. The third-order valence-electron chi connectivity index (χ3n) is 3.22. The molecule has 1 aromatic heterocycles. The van der Waals surface area contributed by atoms with Crippen molar-refractivity contribution in [3.63, 3.8) is 0 Å². The lowest BCUT2D eigenvalue weighted by molar-refractivity contribution is 0.602. The fourth-order valence-electron chi connectivity index (χ4n) is 2.05. The molecule has 0 bridgehead atoms. The SMILES string of the molecule is CNC(Cc1ccc(C)cc1Cl)c1scc(C)c1Cl. The first-order chi connectivity index (χ1) is 9.02. The number of hydrogen-bond acceptors (Lipinski definition) is 2. The summed E-state index contributed by atoms with van der Waals surface area (Å²) in [5.74, 6) is 0. The molecular weight excluding hydrogens is 297 g/mol. The van der Waals surface area contributed by atoms with Gasteiger partial charge in [0.2, 0.25) is 0 Å². The summed E-state index contributed by atoms with van der Waals surface area (Å²) in [6, 6.07) is 6.39. The van der Waals surface area contributed by atoms with Gasteiger partial charge in [0.25, 0.3) is 0 Å². The summed E-state index contributed by atoms with van der Waals surface area (Å²) in [4.78, 5) is 1.18. The molecule has 2 aromatic rings. The van der Waals surface area contributed by atoms with E-state index in [0.717, 1.165) is 27.6 Å². The molecule has 0 saturated carbocycles. The van der Waals surface area contributed by atoms with Crippen LogP contribution in [0.25, 0.3) is 0 Å². The second kappa shape index (κ2) is 6.27. The maximum Gasteiger partial charge on any atom is 0.0590 e. The number of likely N-dealkylation sites (N-methyl/N-ethyl adjacent to an activating group) is 1. The maximum atomic E-state index is 6.35. The molecule has 0 saturated heterocycles. The zero-order valence-corrected chi connectivity index (χ0v) is 13.6. The molecule has 4 heteroatoms. The largest absolute Gasteiger partial charge is 0.312 e. The molecule has 2 rings (SSSR count).